The quantitative estimate of drug-likeness (QED) is 0.816. The van der Waals surface area contributed by atoms with E-state index in [0.29, 0.717) is 23.7 Å². The Balaban J connectivity index is 0.00000225. The number of hydrogen-bond donors (Lipinski definition) is 1. The molecule has 1 amide bonds. The summed E-state index contributed by atoms with van der Waals surface area (Å²) in [6.45, 7) is 11.7. The van der Waals surface area contributed by atoms with Crippen LogP contribution >= 0.6 is 12.4 Å². The third kappa shape index (κ3) is 4.92. The Labute approximate surface area is 155 Å². The molecule has 2 unspecified atom stereocenters. The van der Waals surface area contributed by atoms with Crippen molar-refractivity contribution in [3.05, 3.63) is 11.7 Å². The van der Waals surface area contributed by atoms with Gasteiger partial charge in [-0.05, 0) is 24.8 Å². The average Bonchev–Trinajstić information content (AvgIpc) is 3.26. The van der Waals surface area contributed by atoms with Gasteiger partial charge in [-0.25, -0.2) is 0 Å². The van der Waals surface area contributed by atoms with Crippen LogP contribution in [0.4, 0.5) is 0 Å². The van der Waals surface area contributed by atoms with Crippen LogP contribution in [0.15, 0.2) is 4.52 Å². The van der Waals surface area contributed by atoms with Crippen LogP contribution in [0.3, 0.4) is 0 Å². The van der Waals surface area contributed by atoms with Crippen molar-refractivity contribution in [1.82, 2.24) is 25.3 Å². The summed E-state index contributed by atoms with van der Waals surface area (Å²) in [7, 11) is 0. The summed E-state index contributed by atoms with van der Waals surface area (Å²) in [5, 5.41) is 7.45. The second-order valence-electron chi connectivity index (χ2n) is 7.52. The van der Waals surface area contributed by atoms with Crippen LogP contribution in [-0.4, -0.2) is 64.6 Å². The first-order chi connectivity index (χ1) is 11.5. The molecule has 3 rings (SSSR count). The van der Waals surface area contributed by atoms with Gasteiger partial charge in [0.05, 0.1) is 6.54 Å². The monoisotopic (exact) mass is 371 g/mol. The van der Waals surface area contributed by atoms with E-state index in [1.165, 1.54) is 6.42 Å². The normalized spacial score (nSPS) is 26.6. The standard InChI is InChI=1S/C17H29N5O2.ClH/c1-4-16-19-15(20-24-16)10-22(13(2)23)14-5-8-21(9-14)12-17(3)6-7-18-11-17;/h14,18H,4-12H2,1-3H3;1H. The van der Waals surface area contributed by atoms with Gasteiger partial charge in [0.1, 0.15) is 0 Å². The second kappa shape index (κ2) is 8.47. The van der Waals surface area contributed by atoms with Crippen molar-refractivity contribution < 1.29 is 9.32 Å². The van der Waals surface area contributed by atoms with Crippen molar-refractivity contribution in [1.29, 1.82) is 0 Å². The molecule has 0 aromatic carbocycles. The van der Waals surface area contributed by atoms with E-state index in [0.717, 1.165) is 45.6 Å². The number of likely N-dealkylation sites (tertiary alicyclic amines) is 1. The predicted molar refractivity (Wildman–Crippen MR) is 97.6 cm³/mol. The zero-order valence-electron chi connectivity index (χ0n) is 15.5. The molecule has 0 aliphatic carbocycles. The zero-order chi connectivity index (χ0) is 17.2. The molecule has 2 aliphatic heterocycles. The maximum absolute atomic E-state index is 12.1. The number of rotatable bonds is 6. The summed E-state index contributed by atoms with van der Waals surface area (Å²) in [6.07, 6.45) is 2.96. The van der Waals surface area contributed by atoms with Crippen LogP contribution in [0.1, 0.15) is 45.3 Å². The van der Waals surface area contributed by atoms with E-state index in [-0.39, 0.29) is 24.4 Å². The average molecular weight is 372 g/mol. The Bertz CT molecular complexity index is 573. The first-order valence-corrected chi connectivity index (χ1v) is 9.01. The minimum absolute atomic E-state index is 0. The lowest BCUT2D eigenvalue weighted by Crippen LogP contribution is -2.42. The molecule has 2 atom stereocenters. The van der Waals surface area contributed by atoms with Gasteiger partial charge in [0.15, 0.2) is 5.82 Å². The Morgan fingerprint density at radius 1 is 1.52 bits per heavy atom. The number of aryl methyl sites for hydroxylation is 1. The first kappa shape index (κ1) is 20.1. The van der Waals surface area contributed by atoms with Crippen LogP contribution in [0.5, 0.6) is 0 Å². The SMILES string of the molecule is CCc1nc(CN(C(C)=O)C2CCN(CC3(C)CCNC3)C2)no1.Cl. The smallest absolute Gasteiger partial charge is 0.226 e. The molecule has 1 aromatic heterocycles. The van der Waals surface area contributed by atoms with Gasteiger partial charge in [0.25, 0.3) is 0 Å². The number of hydrogen-bond acceptors (Lipinski definition) is 6. The largest absolute Gasteiger partial charge is 0.339 e. The van der Waals surface area contributed by atoms with Gasteiger partial charge in [0, 0.05) is 45.6 Å². The van der Waals surface area contributed by atoms with E-state index in [2.05, 4.69) is 27.3 Å². The van der Waals surface area contributed by atoms with Crippen LogP contribution < -0.4 is 5.32 Å². The molecule has 0 bridgehead atoms. The molecule has 8 heteroatoms. The highest BCUT2D eigenvalue weighted by Gasteiger charge is 2.36. The molecule has 7 nitrogen and oxygen atoms in total. The van der Waals surface area contributed by atoms with Gasteiger partial charge < -0.3 is 19.6 Å². The van der Waals surface area contributed by atoms with Gasteiger partial charge in [-0.2, -0.15) is 4.98 Å². The summed E-state index contributed by atoms with van der Waals surface area (Å²) < 4.78 is 5.16. The number of nitrogens with zero attached hydrogens (tertiary/aromatic N) is 4. The minimum Gasteiger partial charge on any atom is -0.339 e. The van der Waals surface area contributed by atoms with Crippen molar-refractivity contribution in [2.45, 2.75) is 52.6 Å². The highest BCUT2D eigenvalue weighted by Crippen LogP contribution is 2.28. The minimum atomic E-state index is 0. The topological polar surface area (TPSA) is 74.5 Å². The Hall–Kier alpha value is -1.18. The molecule has 3 heterocycles. The third-order valence-corrected chi connectivity index (χ3v) is 5.28. The van der Waals surface area contributed by atoms with Crippen LogP contribution in [0.2, 0.25) is 0 Å². The van der Waals surface area contributed by atoms with E-state index in [1.54, 1.807) is 6.92 Å². The van der Waals surface area contributed by atoms with Crippen molar-refractivity contribution in [3.8, 4) is 0 Å². The fourth-order valence-corrected chi connectivity index (χ4v) is 3.90. The number of carbonyl (C=O) groups is 1. The van der Waals surface area contributed by atoms with Crippen molar-refractivity contribution in [3.63, 3.8) is 0 Å². The summed E-state index contributed by atoms with van der Waals surface area (Å²) in [6, 6.07) is 0.240. The number of carbonyl (C=O) groups excluding carboxylic acids is 1. The number of amides is 1. The molecule has 2 saturated heterocycles. The summed E-state index contributed by atoms with van der Waals surface area (Å²) in [4.78, 5) is 20.9. The maximum Gasteiger partial charge on any atom is 0.226 e. The molecule has 0 saturated carbocycles. The Morgan fingerprint density at radius 2 is 2.32 bits per heavy atom. The van der Waals surface area contributed by atoms with E-state index in [9.17, 15) is 4.79 Å². The Kier molecular flexibility index (Phi) is 6.82. The van der Waals surface area contributed by atoms with Gasteiger partial charge in [-0.3, -0.25) is 4.79 Å². The van der Waals surface area contributed by atoms with Crippen LogP contribution in [-0.2, 0) is 17.8 Å². The van der Waals surface area contributed by atoms with E-state index in [1.807, 2.05) is 11.8 Å². The van der Waals surface area contributed by atoms with Gasteiger partial charge in [-0.15, -0.1) is 12.4 Å². The zero-order valence-corrected chi connectivity index (χ0v) is 16.3. The molecule has 25 heavy (non-hydrogen) atoms. The number of nitrogens with one attached hydrogen (secondary N) is 1. The lowest BCUT2D eigenvalue weighted by atomic mass is 9.89. The molecular formula is C17H30ClN5O2. The molecule has 2 aliphatic rings. The van der Waals surface area contributed by atoms with Crippen molar-refractivity contribution >= 4 is 18.3 Å². The maximum atomic E-state index is 12.1. The summed E-state index contributed by atoms with van der Waals surface area (Å²) >= 11 is 0. The molecule has 1 aromatic rings. The van der Waals surface area contributed by atoms with Crippen molar-refractivity contribution in [2.75, 3.05) is 32.7 Å². The molecule has 0 spiro atoms. The van der Waals surface area contributed by atoms with Crippen LogP contribution in [0.25, 0.3) is 0 Å². The van der Waals surface area contributed by atoms with Gasteiger partial charge >= 0.3 is 0 Å². The Morgan fingerprint density at radius 3 is 2.92 bits per heavy atom. The third-order valence-electron chi connectivity index (χ3n) is 5.28. The van der Waals surface area contributed by atoms with Gasteiger partial charge in [-0.1, -0.05) is 19.0 Å². The molecule has 0 radical (unpaired) electrons. The lowest BCUT2D eigenvalue weighted by Gasteiger charge is -2.30. The first-order valence-electron chi connectivity index (χ1n) is 9.01. The molecular weight excluding hydrogens is 342 g/mol. The lowest BCUT2D eigenvalue weighted by molar-refractivity contribution is -0.131. The molecule has 142 valence electrons. The van der Waals surface area contributed by atoms with Crippen molar-refractivity contribution in [2.24, 2.45) is 5.41 Å². The fraction of sp³-hybridized carbons (Fsp3) is 0.824. The van der Waals surface area contributed by atoms with Crippen LogP contribution in [0, 0.1) is 5.41 Å². The van der Waals surface area contributed by atoms with Gasteiger partial charge in [0.2, 0.25) is 11.8 Å². The van der Waals surface area contributed by atoms with E-state index in [4.69, 9.17) is 4.52 Å². The fourth-order valence-electron chi connectivity index (χ4n) is 3.90. The number of halogens is 1. The second-order valence-corrected chi connectivity index (χ2v) is 7.52. The summed E-state index contributed by atoms with van der Waals surface area (Å²) in [5.74, 6) is 1.31. The molecule has 1 N–H and O–H groups in total. The van der Waals surface area contributed by atoms with E-state index >= 15 is 0 Å². The summed E-state index contributed by atoms with van der Waals surface area (Å²) in [5.41, 5.74) is 0.361. The predicted octanol–water partition coefficient (Wildman–Crippen LogP) is 1.48. The van der Waals surface area contributed by atoms with E-state index < -0.39 is 0 Å². The highest BCUT2D eigenvalue weighted by molar-refractivity contribution is 5.85. The molecule has 2 fully saturated rings. The highest BCUT2D eigenvalue weighted by atomic mass is 35.5. The number of aromatic nitrogens is 2.